The molecule has 0 aromatic carbocycles. The lowest BCUT2D eigenvalue weighted by Crippen LogP contribution is -2.38. The molecule has 2 rings (SSSR count). The number of ether oxygens (including phenoxy) is 1. The molecule has 90 valence electrons. The number of aryl methyl sites for hydroxylation is 1. The minimum atomic E-state index is 0.467. The number of hydrogen-bond acceptors (Lipinski definition) is 3. The minimum Gasteiger partial charge on any atom is -0.378 e. The van der Waals surface area contributed by atoms with Gasteiger partial charge < -0.3 is 10.1 Å². The molecule has 0 amide bonds. The van der Waals surface area contributed by atoms with Gasteiger partial charge in [0, 0.05) is 19.2 Å². The van der Waals surface area contributed by atoms with E-state index in [9.17, 15) is 0 Å². The molecule has 2 nitrogen and oxygen atoms in total. The third-order valence-electron chi connectivity index (χ3n) is 3.37. The van der Waals surface area contributed by atoms with Crippen LogP contribution in [0.5, 0.6) is 0 Å². The van der Waals surface area contributed by atoms with Gasteiger partial charge in [-0.1, -0.05) is 6.92 Å². The summed E-state index contributed by atoms with van der Waals surface area (Å²) in [5.41, 5.74) is 2.86. The van der Waals surface area contributed by atoms with Gasteiger partial charge in [0.15, 0.2) is 0 Å². The molecule has 0 bridgehead atoms. The fourth-order valence-corrected chi connectivity index (χ4v) is 3.03. The highest BCUT2D eigenvalue weighted by Gasteiger charge is 2.20. The maximum absolute atomic E-state index is 5.68. The van der Waals surface area contributed by atoms with E-state index in [0.717, 1.165) is 26.0 Å². The van der Waals surface area contributed by atoms with Gasteiger partial charge in [0.2, 0.25) is 0 Å². The molecule has 16 heavy (non-hydrogen) atoms. The van der Waals surface area contributed by atoms with Crippen molar-refractivity contribution in [2.75, 3.05) is 6.61 Å². The van der Waals surface area contributed by atoms with E-state index in [1.165, 1.54) is 17.5 Å². The topological polar surface area (TPSA) is 21.3 Å². The van der Waals surface area contributed by atoms with Crippen molar-refractivity contribution in [3.63, 3.8) is 0 Å². The first-order valence-electron chi connectivity index (χ1n) is 6.16. The van der Waals surface area contributed by atoms with Crippen LogP contribution in [0.1, 0.15) is 37.3 Å². The zero-order valence-corrected chi connectivity index (χ0v) is 11.0. The Labute approximate surface area is 102 Å². The lowest BCUT2D eigenvalue weighted by atomic mass is 10.0. The van der Waals surface area contributed by atoms with E-state index >= 15 is 0 Å². The molecule has 1 aliphatic rings. The average molecular weight is 239 g/mol. The van der Waals surface area contributed by atoms with Crippen LogP contribution < -0.4 is 5.32 Å². The van der Waals surface area contributed by atoms with E-state index in [1.54, 1.807) is 11.3 Å². The van der Waals surface area contributed by atoms with E-state index in [-0.39, 0.29) is 0 Å². The summed E-state index contributed by atoms with van der Waals surface area (Å²) in [6.45, 7) is 6.32. The number of hydrogen-bond donors (Lipinski definition) is 1. The van der Waals surface area contributed by atoms with Gasteiger partial charge in [0.1, 0.15) is 0 Å². The van der Waals surface area contributed by atoms with Gasteiger partial charge in [0.25, 0.3) is 0 Å². The molecule has 1 aromatic rings. The number of nitrogens with one attached hydrogen (secondary N) is 1. The standard InChI is InChI=1S/C13H21NOS/c1-3-13-6-12(4-5-15-13)14-7-11-9-16-8-10(11)2/h8-9,12-14H,3-7H2,1-2H3. The Bertz CT molecular complexity index is 323. The van der Waals surface area contributed by atoms with Gasteiger partial charge in [0.05, 0.1) is 6.10 Å². The van der Waals surface area contributed by atoms with E-state index in [2.05, 4.69) is 29.9 Å². The molecule has 3 heteroatoms. The fourth-order valence-electron chi connectivity index (χ4n) is 2.17. The zero-order chi connectivity index (χ0) is 11.4. The Morgan fingerprint density at radius 1 is 1.50 bits per heavy atom. The summed E-state index contributed by atoms with van der Waals surface area (Å²) in [6, 6.07) is 0.637. The van der Waals surface area contributed by atoms with Crippen LogP contribution in [0.15, 0.2) is 10.8 Å². The van der Waals surface area contributed by atoms with Crippen molar-refractivity contribution in [1.29, 1.82) is 0 Å². The molecule has 0 aliphatic carbocycles. The molecular formula is C13H21NOS. The number of thiophene rings is 1. The molecule has 0 radical (unpaired) electrons. The largest absolute Gasteiger partial charge is 0.378 e. The molecule has 1 N–H and O–H groups in total. The fraction of sp³-hybridized carbons (Fsp3) is 0.692. The normalized spacial score (nSPS) is 25.9. The molecule has 1 aromatic heterocycles. The summed E-state index contributed by atoms with van der Waals surface area (Å²) in [5.74, 6) is 0. The van der Waals surface area contributed by atoms with Crippen molar-refractivity contribution in [2.45, 2.75) is 51.8 Å². The monoisotopic (exact) mass is 239 g/mol. The SMILES string of the molecule is CCC1CC(NCc2cscc2C)CCO1. The third kappa shape index (κ3) is 3.06. The highest BCUT2D eigenvalue weighted by molar-refractivity contribution is 7.08. The van der Waals surface area contributed by atoms with Crippen LogP contribution in [0.3, 0.4) is 0 Å². The summed E-state index contributed by atoms with van der Waals surface area (Å²) in [5, 5.41) is 8.12. The minimum absolute atomic E-state index is 0.467. The van der Waals surface area contributed by atoms with Gasteiger partial charge >= 0.3 is 0 Å². The van der Waals surface area contributed by atoms with Crippen molar-refractivity contribution in [3.8, 4) is 0 Å². The first-order chi connectivity index (χ1) is 7.79. The Kier molecular flexibility index (Phi) is 4.38. The van der Waals surface area contributed by atoms with Gasteiger partial charge in [-0.25, -0.2) is 0 Å². The lowest BCUT2D eigenvalue weighted by Gasteiger charge is -2.29. The smallest absolute Gasteiger partial charge is 0.0587 e. The van der Waals surface area contributed by atoms with Crippen molar-refractivity contribution in [2.24, 2.45) is 0 Å². The van der Waals surface area contributed by atoms with Gasteiger partial charge in [-0.15, -0.1) is 0 Å². The summed E-state index contributed by atoms with van der Waals surface area (Å²) in [6.07, 6.45) is 3.92. The highest BCUT2D eigenvalue weighted by Crippen LogP contribution is 2.18. The third-order valence-corrected chi connectivity index (χ3v) is 4.28. The Balaban J connectivity index is 1.79. The molecular weight excluding hydrogens is 218 g/mol. The number of rotatable bonds is 4. The van der Waals surface area contributed by atoms with Gasteiger partial charge in [-0.3, -0.25) is 0 Å². The van der Waals surface area contributed by atoms with E-state index in [0.29, 0.717) is 12.1 Å². The van der Waals surface area contributed by atoms with Gasteiger partial charge in [-0.05, 0) is 48.1 Å². The molecule has 1 aliphatic heterocycles. The summed E-state index contributed by atoms with van der Waals surface area (Å²) < 4.78 is 5.68. The Hall–Kier alpha value is -0.380. The van der Waals surface area contributed by atoms with E-state index in [4.69, 9.17) is 4.74 Å². The molecule has 1 saturated heterocycles. The van der Waals surface area contributed by atoms with Crippen LogP contribution in [0, 0.1) is 6.92 Å². The molecule has 2 heterocycles. The molecule has 2 atom stereocenters. The summed E-state index contributed by atoms with van der Waals surface area (Å²) >= 11 is 1.79. The maximum Gasteiger partial charge on any atom is 0.0587 e. The van der Waals surface area contributed by atoms with Crippen molar-refractivity contribution >= 4 is 11.3 Å². The zero-order valence-electron chi connectivity index (χ0n) is 10.2. The molecule has 0 saturated carbocycles. The van der Waals surface area contributed by atoms with Crippen LogP contribution in [0.25, 0.3) is 0 Å². The van der Waals surface area contributed by atoms with Gasteiger partial charge in [-0.2, -0.15) is 11.3 Å². The second kappa shape index (κ2) is 5.80. The Morgan fingerprint density at radius 2 is 2.38 bits per heavy atom. The van der Waals surface area contributed by atoms with Crippen LogP contribution >= 0.6 is 11.3 Å². The first-order valence-corrected chi connectivity index (χ1v) is 7.10. The second-order valence-electron chi connectivity index (χ2n) is 4.58. The predicted molar refractivity (Wildman–Crippen MR) is 68.9 cm³/mol. The molecule has 1 fully saturated rings. The lowest BCUT2D eigenvalue weighted by molar-refractivity contribution is -0.000319. The second-order valence-corrected chi connectivity index (χ2v) is 5.33. The van der Waals surface area contributed by atoms with Crippen molar-refractivity contribution < 1.29 is 4.74 Å². The van der Waals surface area contributed by atoms with E-state index in [1.807, 2.05) is 0 Å². The van der Waals surface area contributed by atoms with Crippen LogP contribution in [0.4, 0.5) is 0 Å². The summed E-state index contributed by atoms with van der Waals surface area (Å²) in [4.78, 5) is 0. The predicted octanol–water partition coefficient (Wildman–Crippen LogP) is 3.10. The highest BCUT2D eigenvalue weighted by atomic mass is 32.1. The quantitative estimate of drug-likeness (QED) is 0.871. The van der Waals surface area contributed by atoms with Crippen LogP contribution in [-0.4, -0.2) is 18.8 Å². The molecule has 0 spiro atoms. The average Bonchev–Trinajstić information content (AvgIpc) is 2.72. The van der Waals surface area contributed by atoms with Crippen molar-refractivity contribution in [1.82, 2.24) is 5.32 Å². The van der Waals surface area contributed by atoms with E-state index < -0.39 is 0 Å². The van der Waals surface area contributed by atoms with Crippen molar-refractivity contribution in [3.05, 3.63) is 21.9 Å². The van der Waals surface area contributed by atoms with Crippen LogP contribution in [0.2, 0.25) is 0 Å². The Morgan fingerprint density at radius 3 is 3.06 bits per heavy atom. The van der Waals surface area contributed by atoms with Crippen LogP contribution in [-0.2, 0) is 11.3 Å². The maximum atomic E-state index is 5.68. The molecule has 2 unspecified atom stereocenters. The summed E-state index contributed by atoms with van der Waals surface area (Å²) in [7, 11) is 0. The first kappa shape index (κ1) is 12.1.